The van der Waals surface area contributed by atoms with Crippen molar-refractivity contribution in [2.24, 2.45) is 5.73 Å². The fraction of sp³-hybridized carbons (Fsp3) is 0.688. The van der Waals surface area contributed by atoms with E-state index in [1.165, 1.54) is 6.20 Å². The molecule has 152 valence electrons. The maximum atomic E-state index is 12.6. The molecule has 2 heterocycles. The minimum absolute atomic E-state index is 0. The third kappa shape index (κ3) is 6.47. The molecule has 3 N–H and O–H groups in total. The van der Waals surface area contributed by atoms with E-state index < -0.39 is 4.92 Å². The number of aryl methyl sites for hydroxylation is 2. The number of nitrogens with zero attached hydrogens (tertiary/aromatic N) is 4. The number of amides is 2. The van der Waals surface area contributed by atoms with Gasteiger partial charge in [-0.15, -0.1) is 12.4 Å². The van der Waals surface area contributed by atoms with E-state index in [4.69, 9.17) is 5.73 Å². The number of nitrogens with one attached hydrogen (secondary N) is 1. The lowest BCUT2D eigenvalue weighted by Gasteiger charge is -2.36. The molecule has 1 fully saturated rings. The van der Waals surface area contributed by atoms with Crippen molar-refractivity contribution in [1.29, 1.82) is 0 Å². The standard InChI is InChI=1S/C16H26N6O4.ClH/c1-12-19-14(22(25)26)11-20(12)9-6-16(24)21-8-3-2-4-13(21)10-18-15(23)5-7-17;/h11,13H,2-10,17H2,1H3,(H,18,23);1H. The van der Waals surface area contributed by atoms with Crippen LogP contribution >= 0.6 is 12.4 Å². The molecule has 1 unspecified atom stereocenters. The van der Waals surface area contributed by atoms with Crippen LogP contribution in [0.2, 0.25) is 0 Å². The topological polar surface area (TPSA) is 136 Å². The number of aromatic nitrogens is 2. The fourth-order valence-electron chi connectivity index (χ4n) is 3.16. The highest BCUT2D eigenvalue weighted by atomic mass is 35.5. The molecule has 10 nitrogen and oxygen atoms in total. The van der Waals surface area contributed by atoms with Crippen LogP contribution in [0.25, 0.3) is 0 Å². The molecule has 11 heteroatoms. The Hall–Kier alpha value is -2.20. The van der Waals surface area contributed by atoms with E-state index in [1.54, 1.807) is 11.5 Å². The zero-order chi connectivity index (χ0) is 19.1. The first-order valence-electron chi connectivity index (χ1n) is 8.86. The summed E-state index contributed by atoms with van der Waals surface area (Å²) in [5.74, 6) is 0.174. The zero-order valence-corrected chi connectivity index (χ0v) is 16.2. The number of carbonyl (C=O) groups excluding carboxylic acids is 2. The number of hydrogen-bond acceptors (Lipinski definition) is 6. The summed E-state index contributed by atoms with van der Waals surface area (Å²) >= 11 is 0. The van der Waals surface area contributed by atoms with E-state index in [2.05, 4.69) is 10.3 Å². The van der Waals surface area contributed by atoms with Crippen molar-refractivity contribution in [1.82, 2.24) is 19.8 Å². The van der Waals surface area contributed by atoms with Gasteiger partial charge in [0.15, 0.2) is 0 Å². The number of imidazole rings is 1. The highest BCUT2D eigenvalue weighted by molar-refractivity contribution is 5.85. The van der Waals surface area contributed by atoms with Gasteiger partial charge in [0.05, 0.1) is 0 Å². The summed E-state index contributed by atoms with van der Waals surface area (Å²) in [4.78, 5) is 40.1. The molecular formula is C16H27ClN6O4. The first-order chi connectivity index (χ1) is 12.4. The van der Waals surface area contributed by atoms with Crippen molar-refractivity contribution in [2.45, 2.75) is 51.6 Å². The molecule has 2 amide bonds. The largest absolute Gasteiger partial charge is 0.381 e. The van der Waals surface area contributed by atoms with E-state index in [-0.39, 0.29) is 48.9 Å². The maximum absolute atomic E-state index is 12.6. The number of likely N-dealkylation sites (tertiary alicyclic amines) is 1. The van der Waals surface area contributed by atoms with Gasteiger partial charge in [-0.2, -0.15) is 0 Å². The Bertz CT molecular complexity index is 665. The lowest BCUT2D eigenvalue weighted by atomic mass is 10.0. The van der Waals surface area contributed by atoms with Gasteiger partial charge in [-0.25, -0.2) is 0 Å². The Balaban J connectivity index is 0.00000364. The van der Waals surface area contributed by atoms with Gasteiger partial charge in [0.2, 0.25) is 17.6 Å². The normalized spacial score (nSPS) is 16.5. The highest BCUT2D eigenvalue weighted by Crippen LogP contribution is 2.18. The minimum atomic E-state index is -0.546. The molecule has 1 atom stereocenters. The number of halogens is 1. The van der Waals surface area contributed by atoms with Gasteiger partial charge in [-0.1, -0.05) is 0 Å². The number of hydrogen-bond donors (Lipinski definition) is 2. The molecule has 0 radical (unpaired) electrons. The van der Waals surface area contributed by atoms with E-state index in [9.17, 15) is 19.7 Å². The Morgan fingerprint density at radius 1 is 1.41 bits per heavy atom. The van der Waals surface area contributed by atoms with Crippen molar-refractivity contribution in [3.63, 3.8) is 0 Å². The zero-order valence-electron chi connectivity index (χ0n) is 15.4. The summed E-state index contributed by atoms with van der Waals surface area (Å²) in [5.41, 5.74) is 5.37. The van der Waals surface area contributed by atoms with Crippen LogP contribution in [0.4, 0.5) is 5.82 Å². The second kappa shape index (κ2) is 10.8. The lowest BCUT2D eigenvalue weighted by Crippen LogP contribution is -2.49. The van der Waals surface area contributed by atoms with Crippen LogP contribution in [0.3, 0.4) is 0 Å². The van der Waals surface area contributed by atoms with Gasteiger partial charge in [0.25, 0.3) is 0 Å². The molecule has 1 aromatic rings. The third-order valence-electron chi connectivity index (χ3n) is 4.57. The summed E-state index contributed by atoms with van der Waals surface area (Å²) in [6.45, 7) is 3.41. The molecule has 0 bridgehead atoms. The molecule has 0 spiro atoms. The van der Waals surface area contributed by atoms with Crippen LogP contribution in [0, 0.1) is 17.0 Å². The van der Waals surface area contributed by atoms with Gasteiger partial charge < -0.3 is 30.6 Å². The van der Waals surface area contributed by atoms with Gasteiger partial charge in [0, 0.05) is 52.0 Å². The van der Waals surface area contributed by atoms with Crippen LogP contribution < -0.4 is 11.1 Å². The molecule has 0 aliphatic carbocycles. The summed E-state index contributed by atoms with van der Waals surface area (Å²) < 4.78 is 1.62. The molecule has 1 aliphatic heterocycles. The van der Waals surface area contributed by atoms with Crippen LogP contribution in [-0.4, -0.2) is 56.9 Å². The van der Waals surface area contributed by atoms with Crippen LogP contribution in [0.5, 0.6) is 0 Å². The number of carbonyl (C=O) groups is 2. The average Bonchev–Trinajstić information content (AvgIpc) is 2.99. The molecule has 27 heavy (non-hydrogen) atoms. The number of nitrogens with two attached hydrogens (primary N) is 1. The van der Waals surface area contributed by atoms with E-state index in [0.717, 1.165) is 19.3 Å². The van der Waals surface area contributed by atoms with Crippen LogP contribution in [0.1, 0.15) is 37.9 Å². The van der Waals surface area contributed by atoms with Crippen molar-refractivity contribution in [2.75, 3.05) is 19.6 Å². The predicted octanol–water partition coefficient (Wildman–Crippen LogP) is 0.758. The highest BCUT2D eigenvalue weighted by Gasteiger charge is 2.27. The first-order valence-corrected chi connectivity index (χ1v) is 8.86. The number of piperidine rings is 1. The monoisotopic (exact) mass is 402 g/mol. The SMILES string of the molecule is Cc1nc([N+](=O)[O-])cn1CCC(=O)N1CCCCC1CNC(=O)CCN.Cl. The van der Waals surface area contributed by atoms with Gasteiger partial charge >= 0.3 is 5.82 Å². The van der Waals surface area contributed by atoms with Crippen LogP contribution in [-0.2, 0) is 16.1 Å². The van der Waals surface area contributed by atoms with Gasteiger partial charge in [-0.3, -0.25) is 9.59 Å². The molecule has 1 saturated heterocycles. The van der Waals surface area contributed by atoms with Crippen molar-refractivity contribution < 1.29 is 14.5 Å². The third-order valence-corrected chi connectivity index (χ3v) is 4.57. The first kappa shape index (κ1) is 22.8. The van der Waals surface area contributed by atoms with Gasteiger partial charge in [-0.05, 0) is 29.2 Å². The molecule has 1 aromatic heterocycles. The van der Waals surface area contributed by atoms with Crippen molar-refractivity contribution in [3.05, 3.63) is 22.1 Å². The number of rotatable bonds is 8. The summed E-state index contributed by atoms with van der Waals surface area (Å²) in [6.07, 6.45) is 4.68. The molecular weight excluding hydrogens is 376 g/mol. The summed E-state index contributed by atoms with van der Waals surface area (Å²) in [5, 5.41) is 13.6. The molecule has 0 aromatic carbocycles. The molecule has 0 saturated carbocycles. The quantitative estimate of drug-likeness (QED) is 0.486. The summed E-state index contributed by atoms with van der Waals surface area (Å²) in [6, 6.07) is -0.0174. The number of nitro groups is 1. The molecule has 1 aliphatic rings. The van der Waals surface area contributed by atoms with E-state index in [1.807, 2.05) is 4.90 Å². The van der Waals surface area contributed by atoms with E-state index >= 15 is 0 Å². The minimum Gasteiger partial charge on any atom is -0.358 e. The van der Waals surface area contributed by atoms with Gasteiger partial charge in [0.1, 0.15) is 6.20 Å². The Kier molecular flexibility index (Phi) is 9.16. The second-order valence-corrected chi connectivity index (χ2v) is 6.43. The Morgan fingerprint density at radius 3 is 2.78 bits per heavy atom. The van der Waals surface area contributed by atoms with Crippen molar-refractivity contribution in [3.8, 4) is 0 Å². The smallest absolute Gasteiger partial charge is 0.358 e. The lowest BCUT2D eigenvalue weighted by molar-refractivity contribution is -0.389. The second-order valence-electron chi connectivity index (χ2n) is 6.43. The fourth-order valence-corrected chi connectivity index (χ4v) is 3.16. The predicted molar refractivity (Wildman–Crippen MR) is 102 cm³/mol. The van der Waals surface area contributed by atoms with Crippen molar-refractivity contribution >= 4 is 30.0 Å². The average molecular weight is 403 g/mol. The Morgan fingerprint density at radius 2 is 2.15 bits per heavy atom. The molecule has 2 rings (SSSR count). The van der Waals surface area contributed by atoms with Crippen LogP contribution in [0.15, 0.2) is 6.20 Å². The maximum Gasteiger partial charge on any atom is 0.381 e. The summed E-state index contributed by atoms with van der Waals surface area (Å²) in [7, 11) is 0. The van der Waals surface area contributed by atoms with E-state index in [0.29, 0.717) is 32.0 Å². The Labute approximate surface area is 164 Å².